The molecule has 0 amide bonds. The molecule has 0 unspecified atom stereocenters. The van der Waals surface area contributed by atoms with Gasteiger partial charge in [-0.3, -0.25) is 4.79 Å². The van der Waals surface area contributed by atoms with Crippen molar-refractivity contribution >= 4 is 11.8 Å². The number of benzene rings is 3. The molecule has 7 heteroatoms. The molecule has 0 fully saturated rings. The van der Waals surface area contributed by atoms with Crippen LogP contribution < -0.4 is 14.2 Å². The van der Waals surface area contributed by atoms with Crippen LogP contribution in [0.2, 0.25) is 0 Å². The third kappa shape index (κ3) is 5.12. The van der Waals surface area contributed by atoms with Crippen LogP contribution in [-0.2, 0) is 18.0 Å². The second-order valence-corrected chi connectivity index (χ2v) is 8.57. The predicted molar refractivity (Wildman–Crippen MR) is 128 cm³/mol. The first kappa shape index (κ1) is 23.8. The Kier molecular flexibility index (Phi) is 7.02. The summed E-state index contributed by atoms with van der Waals surface area (Å²) in [5.41, 5.74) is 2.11. The maximum Gasteiger partial charge on any atom is 0.346 e. The molecule has 3 aromatic carbocycles. The van der Waals surface area contributed by atoms with Crippen molar-refractivity contribution in [3.8, 4) is 29.1 Å². The second-order valence-electron chi connectivity index (χ2n) is 8.57. The fourth-order valence-electron chi connectivity index (χ4n) is 3.87. The van der Waals surface area contributed by atoms with E-state index >= 15 is 0 Å². The number of rotatable bonds is 7. The number of carbonyl (C=O) groups is 2. The highest BCUT2D eigenvalue weighted by Gasteiger charge is 2.30. The minimum absolute atomic E-state index is 0.0334. The highest BCUT2D eigenvalue weighted by atomic mass is 16.6. The van der Waals surface area contributed by atoms with Crippen LogP contribution in [0.4, 0.5) is 0 Å². The van der Waals surface area contributed by atoms with Gasteiger partial charge in [0, 0.05) is 18.1 Å². The molecule has 0 atom stereocenters. The van der Waals surface area contributed by atoms with Crippen LogP contribution in [0.25, 0.3) is 0 Å². The van der Waals surface area contributed by atoms with Crippen molar-refractivity contribution in [3.05, 3.63) is 82.4 Å². The largest absolute Gasteiger partial charge is 0.495 e. The van der Waals surface area contributed by atoms with Gasteiger partial charge in [-0.05, 0) is 29.7 Å². The van der Waals surface area contributed by atoms with E-state index in [9.17, 15) is 14.9 Å². The van der Waals surface area contributed by atoms with Crippen LogP contribution in [0.3, 0.4) is 0 Å². The lowest BCUT2D eigenvalue weighted by atomic mass is 9.97. The molecular formula is C28H25NO6. The molecule has 3 aromatic rings. The number of carbonyl (C=O) groups excluding carboxylic acids is 2. The molecule has 0 saturated heterocycles. The topological polar surface area (TPSA) is 94.9 Å². The molecule has 0 aromatic heterocycles. The number of nitriles is 1. The molecule has 0 bridgehead atoms. The summed E-state index contributed by atoms with van der Waals surface area (Å²) in [5.74, 6) is 0.270. The number of esters is 1. The van der Waals surface area contributed by atoms with Crippen LogP contribution >= 0.6 is 0 Å². The van der Waals surface area contributed by atoms with Gasteiger partial charge in [-0.1, -0.05) is 44.2 Å². The molecule has 0 aliphatic carbocycles. The van der Waals surface area contributed by atoms with E-state index < -0.39 is 5.97 Å². The fourth-order valence-corrected chi connectivity index (χ4v) is 3.87. The van der Waals surface area contributed by atoms with E-state index in [1.807, 2.05) is 44.2 Å². The minimum atomic E-state index is -0.684. The Morgan fingerprint density at radius 1 is 1.14 bits per heavy atom. The second kappa shape index (κ2) is 10.3. The first-order valence-electron chi connectivity index (χ1n) is 11.2. The highest BCUT2D eigenvalue weighted by Crippen LogP contribution is 2.43. The van der Waals surface area contributed by atoms with Crippen molar-refractivity contribution in [2.75, 3.05) is 7.11 Å². The van der Waals surface area contributed by atoms with Gasteiger partial charge in [0.05, 0.1) is 24.3 Å². The van der Waals surface area contributed by atoms with Gasteiger partial charge >= 0.3 is 5.97 Å². The molecule has 178 valence electrons. The molecule has 1 aliphatic heterocycles. The summed E-state index contributed by atoms with van der Waals surface area (Å²) in [6, 6.07) is 18.0. The van der Waals surface area contributed by atoms with E-state index in [1.165, 1.54) is 7.11 Å². The summed E-state index contributed by atoms with van der Waals surface area (Å²) in [5, 5.41) is 9.50. The summed E-state index contributed by atoms with van der Waals surface area (Å²) >= 11 is 0. The molecule has 0 N–H and O–H groups in total. The van der Waals surface area contributed by atoms with E-state index in [4.69, 9.17) is 18.9 Å². The Balaban J connectivity index is 1.78. The zero-order valence-corrected chi connectivity index (χ0v) is 19.8. The van der Waals surface area contributed by atoms with Crippen LogP contribution in [0.1, 0.15) is 57.7 Å². The molecule has 35 heavy (non-hydrogen) atoms. The first-order chi connectivity index (χ1) is 16.9. The van der Waals surface area contributed by atoms with Crippen molar-refractivity contribution < 1.29 is 28.5 Å². The van der Waals surface area contributed by atoms with Gasteiger partial charge in [-0.15, -0.1) is 0 Å². The Hall–Kier alpha value is -4.31. The van der Waals surface area contributed by atoms with Crippen LogP contribution in [0.15, 0.2) is 54.6 Å². The van der Waals surface area contributed by atoms with E-state index in [1.54, 1.807) is 24.3 Å². The van der Waals surface area contributed by atoms with Crippen LogP contribution in [0, 0.1) is 17.2 Å². The van der Waals surface area contributed by atoms with Crippen molar-refractivity contribution in [1.29, 1.82) is 5.26 Å². The lowest BCUT2D eigenvalue weighted by Crippen LogP contribution is -2.16. The molecule has 0 saturated carbocycles. The number of ketones is 1. The monoisotopic (exact) mass is 471 g/mol. The number of ether oxygens (including phenoxy) is 4. The number of hydrogen-bond acceptors (Lipinski definition) is 7. The summed E-state index contributed by atoms with van der Waals surface area (Å²) in [7, 11) is 1.40. The third-order valence-corrected chi connectivity index (χ3v) is 5.49. The highest BCUT2D eigenvalue weighted by molar-refractivity contribution is 6.05. The van der Waals surface area contributed by atoms with Gasteiger partial charge in [-0.2, -0.15) is 5.26 Å². The molecular weight excluding hydrogens is 446 g/mol. The van der Waals surface area contributed by atoms with Crippen molar-refractivity contribution in [2.24, 2.45) is 5.92 Å². The summed E-state index contributed by atoms with van der Waals surface area (Å²) in [6.07, 6.45) is 0.308. The van der Waals surface area contributed by atoms with Crippen LogP contribution in [-0.4, -0.2) is 18.9 Å². The van der Waals surface area contributed by atoms with Crippen molar-refractivity contribution in [1.82, 2.24) is 0 Å². The minimum Gasteiger partial charge on any atom is -0.495 e. The van der Waals surface area contributed by atoms with E-state index in [2.05, 4.69) is 6.07 Å². The Labute approximate surface area is 203 Å². The normalized spacial score (nSPS) is 12.3. The Morgan fingerprint density at radius 2 is 1.91 bits per heavy atom. The number of methoxy groups -OCH3 is 1. The number of nitrogens with zero attached hydrogens (tertiary/aromatic N) is 1. The number of hydrogen-bond donors (Lipinski definition) is 0. The fraction of sp³-hybridized carbons (Fsp3) is 0.250. The SMILES string of the molecule is COc1c(C(=O)CC(C)C)ccc2c1C(=O)OCc1cc(C#N)cc(OCc3ccccc3)c1O2. The average molecular weight is 472 g/mol. The Bertz CT molecular complexity index is 1310. The Morgan fingerprint density at radius 3 is 2.60 bits per heavy atom. The zero-order valence-electron chi connectivity index (χ0n) is 19.8. The number of Topliss-reactive ketones (excluding diaryl/α,β-unsaturated/α-hetero) is 1. The van der Waals surface area contributed by atoms with Gasteiger partial charge in [0.2, 0.25) is 0 Å². The third-order valence-electron chi connectivity index (χ3n) is 5.49. The van der Waals surface area contributed by atoms with Gasteiger partial charge < -0.3 is 18.9 Å². The maximum atomic E-state index is 13.0. The van der Waals surface area contributed by atoms with Crippen molar-refractivity contribution in [3.63, 3.8) is 0 Å². The number of fused-ring (bicyclic) bond motifs is 2. The average Bonchev–Trinajstić information content (AvgIpc) is 2.85. The first-order valence-corrected chi connectivity index (χ1v) is 11.2. The quantitative estimate of drug-likeness (QED) is 0.316. The van der Waals surface area contributed by atoms with Gasteiger partial charge in [-0.25, -0.2) is 4.79 Å². The predicted octanol–water partition coefficient (Wildman–Crippen LogP) is 5.84. The molecule has 1 heterocycles. The van der Waals surface area contributed by atoms with Gasteiger partial charge in [0.1, 0.15) is 30.3 Å². The lowest BCUT2D eigenvalue weighted by Gasteiger charge is -2.23. The van der Waals surface area contributed by atoms with E-state index in [0.29, 0.717) is 34.6 Å². The van der Waals surface area contributed by atoms with Gasteiger partial charge in [0.25, 0.3) is 0 Å². The summed E-state index contributed by atoms with van der Waals surface area (Å²) in [6.45, 7) is 4.00. The van der Waals surface area contributed by atoms with Crippen molar-refractivity contribution in [2.45, 2.75) is 33.5 Å². The zero-order chi connectivity index (χ0) is 24.9. The van der Waals surface area contributed by atoms with E-state index in [-0.39, 0.29) is 42.0 Å². The molecule has 7 nitrogen and oxygen atoms in total. The maximum absolute atomic E-state index is 13.0. The van der Waals surface area contributed by atoms with Gasteiger partial charge in [0.15, 0.2) is 17.3 Å². The summed E-state index contributed by atoms with van der Waals surface area (Å²) < 4.78 is 23.3. The number of cyclic esters (lactones) is 1. The standard InChI is InChI=1S/C28H25NO6/c1-17(2)11-22(30)21-9-10-23-25(27(21)32-3)28(31)34-16-20-12-19(14-29)13-24(26(20)35-23)33-15-18-7-5-4-6-8-18/h4-10,12-13,17H,11,15-16H2,1-3H3. The molecule has 0 spiro atoms. The summed E-state index contributed by atoms with van der Waals surface area (Å²) in [4.78, 5) is 25.8. The lowest BCUT2D eigenvalue weighted by molar-refractivity contribution is 0.0454. The molecule has 1 aliphatic rings. The smallest absolute Gasteiger partial charge is 0.346 e. The molecule has 4 rings (SSSR count). The van der Waals surface area contributed by atoms with Crippen LogP contribution in [0.5, 0.6) is 23.0 Å². The molecule has 0 radical (unpaired) electrons. The van der Waals surface area contributed by atoms with E-state index in [0.717, 1.165) is 5.56 Å².